The summed E-state index contributed by atoms with van der Waals surface area (Å²) >= 11 is 0. The zero-order valence-electron chi connectivity index (χ0n) is 18.1. The molecule has 3 aromatic heterocycles. The maximum absolute atomic E-state index is 12.7. The van der Waals surface area contributed by atoms with Gasteiger partial charge in [-0.25, -0.2) is 8.42 Å². The number of nitrogens with one attached hydrogen (secondary N) is 2. The lowest BCUT2D eigenvalue weighted by atomic mass is 10.3. The molecular formula is C21H20N6O6S. The average Bonchev–Trinajstić information content (AvgIpc) is 3.51. The average molecular weight is 484 g/mol. The van der Waals surface area contributed by atoms with Gasteiger partial charge in [-0.05, 0) is 42.5 Å². The molecule has 0 saturated heterocycles. The number of hydrogen-bond acceptors (Lipinski definition) is 9. The van der Waals surface area contributed by atoms with Gasteiger partial charge in [-0.2, -0.15) is 15.1 Å². The minimum atomic E-state index is -3.97. The van der Waals surface area contributed by atoms with E-state index < -0.39 is 15.9 Å². The SMILES string of the molecule is COc1cc(NS(=O)(=O)c2ccc(NC(=O)c3ccc(Cn4cccn4)o3)cc2)nc(OC)n1. The van der Waals surface area contributed by atoms with Gasteiger partial charge in [-0.15, -0.1) is 0 Å². The van der Waals surface area contributed by atoms with Gasteiger partial charge in [0, 0.05) is 24.1 Å². The molecule has 0 aliphatic rings. The van der Waals surface area contributed by atoms with Gasteiger partial charge in [0.2, 0.25) is 5.88 Å². The zero-order chi connectivity index (χ0) is 24.1. The first-order valence-electron chi connectivity index (χ1n) is 9.84. The van der Waals surface area contributed by atoms with Crippen LogP contribution in [-0.4, -0.2) is 48.3 Å². The Bertz CT molecular complexity index is 1360. The number of anilines is 2. The number of ether oxygens (including phenoxy) is 2. The lowest BCUT2D eigenvalue weighted by molar-refractivity contribution is 0.0994. The van der Waals surface area contributed by atoms with Crippen LogP contribution < -0.4 is 19.5 Å². The first kappa shape index (κ1) is 22.8. The third kappa shape index (κ3) is 5.32. The Hall–Kier alpha value is -4.39. The first-order chi connectivity index (χ1) is 16.4. The van der Waals surface area contributed by atoms with Crippen molar-refractivity contribution in [2.75, 3.05) is 24.3 Å². The van der Waals surface area contributed by atoms with Crippen molar-refractivity contribution < 1.29 is 27.1 Å². The monoisotopic (exact) mass is 484 g/mol. The molecule has 0 bridgehead atoms. The number of rotatable bonds is 9. The molecule has 0 aliphatic heterocycles. The van der Waals surface area contributed by atoms with Crippen molar-refractivity contribution in [1.29, 1.82) is 0 Å². The molecule has 0 radical (unpaired) electrons. The van der Waals surface area contributed by atoms with E-state index in [-0.39, 0.29) is 28.4 Å². The summed E-state index contributed by atoms with van der Waals surface area (Å²) in [5, 5.41) is 6.75. The Kier molecular flexibility index (Phi) is 6.45. The van der Waals surface area contributed by atoms with E-state index in [1.54, 1.807) is 35.3 Å². The number of amides is 1. The Morgan fingerprint density at radius 3 is 2.56 bits per heavy atom. The lowest BCUT2D eigenvalue weighted by Gasteiger charge is -2.10. The Labute approximate surface area is 194 Å². The summed E-state index contributed by atoms with van der Waals surface area (Å²) in [5.74, 6) is 0.324. The van der Waals surface area contributed by atoms with Gasteiger partial charge in [-0.1, -0.05) is 0 Å². The quantitative estimate of drug-likeness (QED) is 0.365. The molecule has 34 heavy (non-hydrogen) atoms. The van der Waals surface area contributed by atoms with E-state index in [0.29, 0.717) is 18.0 Å². The third-order valence-corrected chi connectivity index (χ3v) is 5.87. The van der Waals surface area contributed by atoms with Gasteiger partial charge >= 0.3 is 6.01 Å². The molecule has 0 unspecified atom stereocenters. The number of carbonyl (C=O) groups excluding carboxylic acids is 1. The highest BCUT2D eigenvalue weighted by molar-refractivity contribution is 7.92. The molecule has 0 spiro atoms. The number of methoxy groups -OCH3 is 2. The number of furan rings is 1. The van der Waals surface area contributed by atoms with Gasteiger partial charge in [0.25, 0.3) is 15.9 Å². The predicted octanol–water partition coefficient (Wildman–Crippen LogP) is 2.38. The molecule has 0 fully saturated rings. The fourth-order valence-electron chi connectivity index (χ4n) is 2.90. The highest BCUT2D eigenvalue weighted by Crippen LogP contribution is 2.22. The Morgan fingerprint density at radius 1 is 1.09 bits per heavy atom. The minimum absolute atomic E-state index is 0.0233. The molecular weight excluding hydrogens is 464 g/mol. The van der Waals surface area contributed by atoms with E-state index in [0.717, 1.165) is 0 Å². The Morgan fingerprint density at radius 2 is 1.88 bits per heavy atom. The molecule has 1 aromatic carbocycles. The second-order valence-electron chi connectivity index (χ2n) is 6.84. The summed E-state index contributed by atoms with van der Waals surface area (Å²) in [6.07, 6.45) is 3.43. The Balaban J connectivity index is 1.42. The van der Waals surface area contributed by atoms with Crippen LogP contribution in [0.25, 0.3) is 0 Å². The molecule has 0 saturated carbocycles. The van der Waals surface area contributed by atoms with Gasteiger partial charge < -0.3 is 19.2 Å². The van der Waals surface area contributed by atoms with E-state index in [4.69, 9.17) is 13.9 Å². The highest BCUT2D eigenvalue weighted by Gasteiger charge is 2.18. The van der Waals surface area contributed by atoms with Crippen molar-refractivity contribution in [2.45, 2.75) is 11.4 Å². The van der Waals surface area contributed by atoms with Crippen LogP contribution in [0, 0.1) is 0 Å². The fraction of sp³-hybridized carbons (Fsp3) is 0.143. The van der Waals surface area contributed by atoms with Crippen molar-refractivity contribution in [1.82, 2.24) is 19.7 Å². The molecule has 2 N–H and O–H groups in total. The molecule has 3 heterocycles. The zero-order valence-corrected chi connectivity index (χ0v) is 18.9. The van der Waals surface area contributed by atoms with Crippen LogP contribution in [0.15, 0.2) is 70.2 Å². The van der Waals surface area contributed by atoms with Crippen LogP contribution in [0.3, 0.4) is 0 Å². The molecule has 12 nitrogen and oxygen atoms in total. The van der Waals surface area contributed by atoms with E-state index in [2.05, 4.69) is 25.1 Å². The van der Waals surface area contributed by atoms with E-state index >= 15 is 0 Å². The molecule has 1 amide bonds. The number of sulfonamides is 1. The smallest absolute Gasteiger partial charge is 0.321 e. The van der Waals surface area contributed by atoms with Crippen LogP contribution in [0.5, 0.6) is 11.9 Å². The normalized spacial score (nSPS) is 11.1. The summed E-state index contributed by atoms with van der Waals surface area (Å²) in [7, 11) is -1.24. The van der Waals surface area contributed by atoms with Crippen molar-refractivity contribution in [2.24, 2.45) is 0 Å². The van der Waals surface area contributed by atoms with Crippen molar-refractivity contribution >= 4 is 27.4 Å². The van der Waals surface area contributed by atoms with E-state index in [9.17, 15) is 13.2 Å². The van der Waals surface area contributed by atoms with Crippen molar-refractivity contribution in [3.8, 4) is 11.9 Å². The molecule has 4 aromatic rings. The van der Waals surface area contributed by atoms with E-state index in [1.807, 2.05) is 0 Å². The topological polar surface area (TPSA) is 150 Å². The summed E-state index contributed by atoms with van der Waals surface area (Å²) in [6, 6.07) is 11.9. The number of benzene rings is 1. The number of aromatic nitrogens is 4. The van der Waals surface area contributed by atoms with Crippen molar-refractivity contribution in [3.05, 3.63) is 72.4 Å². The molecule has 0 aliphatic carbocycles. The standard InChI is InChI=1S/C21H20N6O6S/c1-31-19-12-18(24-21(25-19)32-2)26-34(29,30)16-7-4-14(5-8-16)23-20(28)17-9-6-15(33-17)13-27-11-3-10-22-27/h3-12H,13H2,1-2H3,(H,23,28)(H,24,25,26). The van der Waals surface area contributed by atoms with Crippen LogP contribution in [0.1, 0.15) is 16.3 Å². The number of hydrogen-bond donors (Lipinski definition) is 2. The third-order valence-electron chi connectivity index (χ3n) is 4.50. The van der Waals surface area contributed by atoms with Gasteiger partial charge in [0.1, 0.15) is 5.76 Å². The second-order valence-corrected chi connectivity index (χ2v) is 8.52. The maximum atomic E-state index is 12.7. The predicted molar refractivity (Wildman–Crippen MR) is 120 cm³/mol. The fourth-order valence-corrected chi connectivity index (χ4v) is 3.89. The molecule has 176 valence electrons. The summed E-state index contributed by atoms with van der Waals surface area (Å²) in [6.45, 7) is 0.393. The largest absolute Gasteiger partial charge is 0.481 e. The molecule has 0 atom stereocenters. The molecule has 4 rings (SSSR count). The first-order valence-corrected chi connectivity index (χ1v) is 11.3. The second kappa shape index (κ2) is 9.62. The van der Waals surface area contributed by atoms with Crippen LogP contribution >= 0.6 is 0 Å². The van der Waals surface area contributed by atoms with Crippen LogP contribution in [-0.2, 0) is 16.6 Å². The summed E-state index contributed by atoms with van der Waals surface area (Å²) in [5.41, 5.74) is 0.388. The van der Waals surface area contributed by atoms with Crippen molar-refractivity contribution in [3.63, 3.8) is 0 Å². The summed E-state index contributed by atoms with van der Waals surface area (Å²) < 4.78 is 45.0. The maximum Gasteiger partial charge on any atom is 0.321 e. The van der Waals surface area contributed by atoms with Gasteiger partial charge in [-0.3, -0.25) is 14.2 Å². The van der Waals surface area contributed by atoms with E-state index in [1.165, 1.54) is 44.6 Å². The molecule has 13 heteroatoms. The number of carbonyl (C=O) groups is 1. The number of nitrogens with zero attached hydrogens (tertiary/aromatic N) is 4. The van der Waals surface area contributed by atoms with Gasteiger partial charge in [0.15, 0.2) is 11.6 Å². The summed E-state index contributed by atoms with van der Waals surface area (Å²) in [4.78, 5) is 20.3. The van der Waals surface area contributed by atoms with Gasteiger partial charge in [0.05, 0.1) is 25.7 Å². The van der Waals surface area contributed by atoms with Crippen LogP contribution in [0.2, 0.25) is 0 Å². The lowest BCUT2D eigenvalue weighted by Crippen LogP contribution is -2.15. The van der Waals surface area contributed by atoms with Crippen LogP contribution in [0.4, 0.5) is 11.5 Å². The minimum Gasteiger partial charge on any atom is -0.481 e. The highest BCUT2D eigenvalue weighted by atomic mass is 32.2.